The molecule has 0 aromatic heterocycles. The van der Waals surface area contributed by atoms with Gasteiger partial charge in [-0.25, -0.2) is 0 Å². The lowest BCUT2D eigenvalue weighted by molar-refractivity contribution is 0.0862. The molecule has 1 aliphatic heterocycles. The Kier molecular flexibility index (Phi) is 4.08. The molecule has 0 aliphatic carbocycles. The van der Waals surface area contributed by atoms with Crippen molar-refractivity contribution in [1.82, 2.24) is 10.2 Å². The molecule has 18 heavy (non-hydrogen) atoms. The van der Waals surface area contributed by atoms with Crippen molar-refractivity contribution in [3.8, 4) is 0 Å². The summed E-state index contributed by atoms with van der Waals surface area (Å²) in [7, 11) is 0. The molecule has 1 fully saturated rings. The standard InChI is InChI=1S/C16H26N2/c1-13-6-5-7-14(12-13)15(16(2,3)4)18-10-8-17-9-11-18/h5-7,12,15,17H,8-11H2,1-4H3/t15-/m0/s1. The van der Waals surface area contributed by atoms with Crippen LogP contribution in [0.1, 0.15) is 37.9 Å². The summed E-state index contributed by atoms with van der Waals surface area (Å²) < 4.78 is 0. The molecule has 1 aromatic rings. The highest BCUT2D eigenvalue weighted by molar-refractivity contribution is 5.26. The van der Waals surface area contributed by atoms with Crippen LogP contribution in [0.15, 0.2) is 24.3 Å². The van der Waals surface area contributed by atoms with Crippen LogP contribution in [0.25, 0.3) is 0 Å². The molecule has 2 heteroatoms. The van der Waals surface area contributed by atoms with E-state index in [1.165, 1.54) is 11.1 Å². The van der Waals surface area contributed by atoms with E-state index < -0.39 is 0 Å². The van der Waals surface area contributed by atoms with Gasteiger partial charge in [-0.05, 0) is 17.9 Å². The number of hydrogen-bond acceptors (Lipinski definition) is 2. The summed E-state index contributed by atoms with van der Waals surface area (Å²) >= 11 is 0. The third kappa shape index (κ3) is 3.12. The molecule has 2 nitrogen and oxygen atoms in total. The first-order chi connectivity index (χ1) is 8.48. The highest BCUT2D eigenvalue weighted by atomic mass is 15.2. The topological polar surface area (TPSA) is 15.3 Å². The molecule has 1 saturated heterocycles. The minimum absolute atomic E-state index is 0.269. The maximum absolute atomic E-state index is 3.44. The predicted octanol–water partition coefficient (Wildman–Crippen LogP) is 2.99. The highest BCUT2D eigenvalue weighted by Gasteiger charge is 2.32. The Morgan fingerprint density at radius 3 is 2.39 bits per heavy atom. The molecule has 0 saturated carbocycles. The maximum atomic E-state index is 3.44. The second kappa shape index (κ2) is 5.41. The molecule has 0 amide bonds. The van der Waals surface area contributed by atoms with Crippen molar-refractivity contribution in [3.05, 3.63) is 35.4 Å². The fourth-order valence-electron chi connectivity index (χ4n) is 3.04. The maximum Gasteiger partial charge on any atom is 0.0397 e. The molecule has 2 rings (SSSR count). The van der Waals surface area contributed by atoms with E-state index in [1.54, 1.807) is 0 Å². The minimum Gasteiger partial charge on any atom is -0.314 e. The van der Waals surface area contributed by atoms with E-state index in [0.29, 0.717) is 6.04 Å². The number of aryl methyl sites for hydroxylation is 1. The van der Waals surface area contributed by atoms with Crippen LogP contribution >= 0.6 is 0 Å². The van der Waals surface area contributed by atoms with E-state index in [9.17, 15) is 0 Å². The number of nitrogens with one attached hydrogen (secondary N) is 1. The Hall–Kier alpha value is -0.860. The average molecular weight is 246 g/mol. The van der Waals surface area contributed by atoms with Crippen molar-refractivity contribution >= 4 is 0 Å². The van der Waals surface area contributed by atoms with Gasteiger partial charge in [0.2, 0.25) is 0 Å². The normalized spacial score (nSPS) is 19.8. The highest BCUT2D eigenvalue weighted by Crippen LogP contribution is 2.38. The first-order valence-corrected chi connectivity index (χ1v) is 7.00. The molecule has 1 N–H and O–H groups in total. The Balaban J connectivity index is 2.30. The summed E-state index contributed by atoms with van der Waals surface area (Å²) in [6.45, 7) is 13.7. The Bertz CT molecular complexity index is 386. The van der Waals surface area contributed by atoms with Gasteiger partial charge in [-0.2, -0.15) is 0 Å². The van der Waals surface area contributed by atoms with Gasteiger partial charge in [0.1, 0.15) is 0 Å². The molecule has 0 bridgehead atoms. The lowest BCUT2D eigenvalue weighted by Crippen LogP contribution is -2.48. The van der Waals surface area contributed by atoms with E-state index in [4.69, 9.17) is 0 Å². The van der Waals surface area contributed by atoms with Crippen LogP contribution in [-0.4, -0.2) is 31.1 Å². The van der Waals surface area contributed by atoms with Crippen molar-refractivity contribution in [2.24, 2.45) is 5.41 Å². The Labute approximate surface area is 111 Å². The van der Waals surface area contributed by atoms with Gasteiger partial charge in [-0.3, -0.25) is 4.90 Å². The predicted molar refractivity (Wildman–Crippen MR) is 77.8 cm³/mol. The lowest BCUT2D eigenvalue weighted by Gasteiger charge is -2.42. The van der Waals surface area contributed by atoms with Gasteiger partial charge in [-0.15, -0.1) is 0 Å². The second-order valence-electron chi connectivity index (χ2n) is 6.47. The van der Waals surface area contributed by atoms with Gasteiger partial charge in [0.25, 0.3) is 0 Å². The van der Waals surface area contributed by atoms with Gasteiger partial charge in [0.05, 0.1) is 0 Å². The van der Waals surface area contributed by atoms with Crippen LogP contribution in [0, 0.1) is 12.3 Å². The first-order valence-electron chi connectivity index (χ1n) is 7.00. The quantitative estimate of drug-likeness (QED) is 0.863. The van der Waals surface area contributed by atoms with Gasteiger partial charge in [0, 0.05) is 32.2 Å². The fraction of sp³-hybridized carbons (Fsp3) is 0.625. The van der Waals surface area contributed by atoms with E-state index in [2.05, 4.69) is 62.2 Å². The molecule has 1 atom stereocenters. The number of rotatable bonds is 2. The Morgan fingerprint density at radius 1 is 1.17 bits per heavy atom. The van der Waals surface area contributed by atoms with Crippen molar-refractivity contribution in [2.75, 3.05) is 26.2 Å². The van der Waals surface area contributed by atoms with Crippen LogP contribution in [0.4, 0.5) is 0 Å². The molecule has 0 unspecified atom stereocenters. The van der Waals surface area contributed by atoms with Gasteiger partial charge < -0.3 is 5.32 Å². The SMILES string of the molecule is Cc1cccc([C@H](N2CCNCC2)C(C)(C)C)c1. The van der Waals surface area contributed by atoms with E-state index in [1.807, 2.05) is 0 Å². The largest absolute Gasteiger partial charge is 0.314 e. The third-order valence-electron chi connectivity index (χ3n) is 3.69. The monoisotopic (exact) mass is 246 g/mol. The van der Waals surface area contributed by atoms with Crippen LogP contribution in [-0.2, 0) is 0 Å². The zero-order valence-electron chi connectivity index (χ0n) is 12.2. The lowest BCUT2D eigenvalue weighted by atomic mass is 9.80. The van der Waals surface area contributed by atoms with Gasteiger partial charge in [-0.1, -0.05) is 50.6 Å². The fourth-order valence-corrected chi connectivity index (χ4v) is 3.04. The molecular formula is C16H26N2. The van der Waals surface area contributed by atoms with Crippen molar-refractivity contribution < 1.29 is 0 Å². The van der Waals surface area contributed by atoms with E-state index >= 15 is 0 Å². The summed E-state index contributed by atoms with van der Waals surface area (Å²) in [5.74, 6) is 0. The zero-order valence-corrected chi connectivity index (χ0v) is 12.2. The molecule has 0 radical (unpaired) electrons. The van der Waals surface area contributed by atoms with Gasteiger partial charge >= 0.3 is 0 Å². The van der Waals surface area contributed by atoms with Crippen LogP contribution in [0.5, 0.6) is 0 Å². The van der Waals surface area contributed by atoms with Crippen LogP contribution in [0.2, 0.25) is 0 Å². The second-order valence-corrected chi connectivity index (χ2v) is 6.47. The molecule has 0 spiro atoms. The van der Waals surface area contributed by atoms with Crippen molar-refractivity contribution in [3.63, 3.8) is 0 Å². The molecule has 1 aliphatic rings. The first kappa shape index (κ1) is 13.6. The summed E-state index contributed by atoms with van der Waals surface area (Å²) in [6.07, 6.45) is 0. The zero-order chi connectivity index (χ0) is 13.2. The van der Waals surface area contributed by atoms with Gasteiger partial charge in [0.15, 0.2) is 0 Å². The summed E-state index contributed by atoms with van der Waals surface area (Å²) in [5.41, 5.74) is 3.09. The summed E-state index contributed by atoms with van der Waals surface area (Å²) in [5, 5.41) is 3.44. The average Bonchev–Trinajstić information content (AvgIpc) is 2.28. The molecule has 100 valence electrons. The van der Waals surface area contributed by atoms with Crippen LogP contribution in [0.3, 0.4) is 0 Å². The summed E-state index contributed by atoms with van der Waals surface area (Å²) in [4.78, 5) is 2.63. The number of piperazine rings is 1. The van der Waals surface area contributed by atoms with Crippen LogP contribution < -0.4 is 5.32 Å². The molecule has 1 heterocycles. The van der Waals surface area contributed by atoms with Crippen molar-refractivity contribution in [2.45, 2.75) is 33.7 Å². The van der Waals surface area contributed by atoms with E-state index in [-0.39, 0.29) is 5.41 Å². The van der Waals surface area contributed by atoms with E-state index in [0.717, 1.165) is 26.2 Å². The van der Waals surface area contributed by atoms with Crippen molar-refractivity contribution in [1.29, 1.82) is 0 Å². The number of hydrogen-bond donors (Lipinski definition) is 1. The number of nitrogens with zero attached hydrogens (tertiary/aromatic N) is 1. The smallest absolute Gasteiger partial charge is 0.0397 e. The third-order valence-corrected chi connectivity index (χ3v) is 3.69. The summed E-state index contributed by atoms with van der Waals surface area (Å²) in [6, 6.07) is 9.51. The minimum atomic E-state index is 0.269. The Morgan fingerprint density at radius 2 is 1.83 bits per heavy atom. The molecule has 1 aromatic carbocycles. The molecular weight excluding hydrogens is 220 g/mol. The number of benzene rings is 1.